The van der Waals surface area contributed by atoms with Crippen molar-refractivity contribution >= 4 is 29.9 Å². The summed E-state index contributed by atoms with van der Waals surface area (Å²) >= 11 is 3.91. The smallest absolute Gasteiger partial charge is 0.209 e. The first-order chi connectivity index (χ1) is 67.7. The highest BCUT2D eigenvalue weighted by Crippen LogP contribution is 2.45. The standard InChI is InChI=1S/C9H11N.C8H13NO.C8H8O2.C6H13N.C6H12O.C5H10N2O.2C5H9N.C5H11N.C5H10O.C4H10N2.C4H9NO.C4H9NS.C4H8O2.C4H8OS.15C2H6.5CH4/c1-2-4-9-7-10-6-5-8(9)3-1;1-2-8-6-4-9-3-5(6)7(1)10-8;1-2-4-8-7(3-1)9-5-6-10-8;2*1-2-4-6-7-5-3-1;8-5-7-3-1-6-2-4-7;1-4-2-6-3-5(1)4;1-2-6-5-3-4(1)5;2*1-2-4-6-5-3-1;1-2-6-4-3-5-1;2*1-3-6-4-2-5-1;2*1-2-5-4-6-3-1;15*1-2;;;;;/h1-4,10H,5-7H2;5-9H,1-4H2;1-4H,5-6H2;7H,1-6H2;1-6H2;5-6H,1-4H2;2*4-6H,1-3H2;6H,1-5H2;1-5H2;5-6H,1-4H2;2*5H,1-4H2;2*1-4H2;15*1-2H3;5*1H4. The Morgan fingerprint density at radius 1 is 0.298 bits per heavy atom. The van der Waals surface area contributed by atoms with Crippen LogP contribution in [0.4, 0.5) is 0 Å². The van der Waals surface area contributed by atoms with Crippen molar-refractivity contribution < 1.29 is 47.4 Å². The second-order valence-corrected chi connectivity index (χ2v) is 32.0. The molecule has 8 atom stereocenters. The van der Waals surface area contributed by atoms with E-state index < -0.39 is 0 Å². The molecule has 2 aliphatic carbocycles. The van der Waals surface area contributed by atoms with E-state index in [0.717, 1.165) is 204 Å². The predicted molar refractivity (Wildman–Crippen MR) is 641 cm³/mol. The minimum Gasteiger partial charge on any atom is -0.486 e. The Morgan fingerprint density at radius 2 is 0.667 bits per heavy atom. The molecule has 17 fully saturated rings. The first-order valence-electron chi connectivity index (χ1n) is 57.4. The van der Waals surface area contributed by atoms with Crippen LogP contribution in [0.2, 0.25) is 0 Å². The maximum absolute atomic E-state index is 10.1. The molecule has 1 amide bonds. The Balaban J connectivity index is -0.000000100. The third-order valence-electron chi connectivity index (χ3n) is 21.0. The maximum atomic E-state index is 10.1. The van der Waals surface area contributed by atoms with Gasteiger partial charge in [0.1, 0.15) is 20.0 Å². The number of hydrogen-bond donors (Lipinski definition) is 11. The second kappa shape index (κ2) is 155. The molecule has 141 heavy (non-hydrogen) atoms. The Morgan fingerprint density at radius 3 is 0.929 bits per heavy atom. The molecule has 17 aliphatic heterocycles. The van der Waals surface area contributed by atoms with E-state index >= 15 is 0 Å². The van der Waals surface area contributed by atoms with Gasteiger partial charge in [-0.25, -0.2) is 0 Å². The van der Waals surface area contributed by atoms with E-state index in [-0.39, 0.29) is 37.1 Å². The summed E-state index contributed by atoms with van der Waals surface area (Å²) in [6, 6.07) is 17.3. The number of rotatable bonds is 1. The lowest BCUT2D eigenvalue weighted by Crippen LogP contribution is -2.42. The molecule has 8 unspecified atom stereocenters. The van der Waals surface area contributed by atoms with Gasteiger partial charge in [0, 0.05) is 161 Å². The van der Waals surface area contributed by atoms with Crippen LogP contribution >= 0.6 is 23.5 Å². The van der Waals surface area contributed by atoms with Crippen LogP contribution in [0.5, 0.6) is 11.5 Å². The molecule has 860 valence electrons. The Labute approximate surface area is 893 Å². The number of nitrogens with zero attached hydrogens (tertiary/aromatic N) is 1. The number of carbonyl (C=O) groups is 1. The maximum Gasteiger partial charge on any atom is 0.209 e. The van der Waals surface area contributed by atoms with Gasteiger partial charge in [-0.1, -0.05) is 313 Å². The highest BCUT2D eigenvalue weighted by Gasteiger charge is 2.50. The molecule has 22 nitrogen and oxygen atoms in total. The number of para-hydroxylation sites is 2. The SMILES string of the molecule is C.C.C.C.C.C1CC2CC2N1.C1CC2OC1C1CNCC21.C1CCCNCC1.C1CCCOCC1.C1CCNCC1.C1CCOCC1.C1CNCCN1.C1COCCN1.C1COCOC1.C1COCSC1.C1CSCCN1.C1NCC2CC12.CC.CC.CC.CC.CC.CC.CC.CC.CC.CC.CC.CC.CC.CC.CC.O=CN1CCNCC1.c1ccc2c(c1)CCNC2.c1ccc2c(c1)OCCO2. The van der Waals surface area contributed by atoms with Crippen molar-refractivity contribution in [3.8, 4) is 11.5 Å². The average molecular weight is 2060 g/mol. The average Bonchev–Trinajstić information content (AvgIpc) is 1.62. The fourth-order valence-electron chi connectivity index (χ4n) is 14.4. The van der Waals surface area contributed by atoms with Crippen LogP contribution < -0.4 is 68.0 Å². The number of piperidine rings is 3. The lowest BCUT2D eigenvalue weighted by Gasteiger charge is -2.22. The fraction of sp³-hybridized carbons (Fsp3) is 0.889. The molecular formula is C117H260N12O10S2. The number of carbonyl (C=O) groups excluding carboxylic acids is 1. The third kappa shape index (κ3) is 111. The van der Waals surface area contributed by atoms with E-state index in [1.165, 1.54) is 235 Å². The Kier molecular flexibility index (Phi) is 186. The largest absolute Gasteiger partial charge is 0.486 e. The Bertz CT molecular complexity index is 1930. The number of ether oxygens (including phenoxy) is 9. The monoisotopic (exact) mass is 2060 g/mol. The van der Waals surface area contributed by atoms with Gasteiger partial charge >= 0.3 is 0 Å². The van der Waals surface area contributed by atoms with Crippen LogP contribution in [0, 0.1) is 29.6 Å². The van der Waals surface area contributed by atoms with Crippen molar-refractivity contribution in [3.63, 3.8) is 0 Å². The zero-order valence-electron chi connectivity index (χ0n) is 95.8. The van der Waals surface area contributed by atoms with E-state index in [0.29, 0.717) is 32.2 Å². The lowest BCUT2D eigenvalue weighted by molar-refractivity contribution is -0.118. The lowest BCUT2D eigenvalue weighted by atomic mass is 9.82. The van der Waals surface area contributed by atoms with E-state index in [1.54, 1.807) is 4.90 Å². The second-order valence-electron chi connectivity index (χ2n) is 29.7. The molecule has 2 bridgehead atoms. The number of fused-ring (bicyclic) bond motifs is 9. The molecule has 17 heterocycles. The van der Waals surface area contributed by atoms with Gasteiger partial charge in [-0.05, 0) is 208 Å². The summed E-state index contributed by atoms with van der Waals surface area (Å²) in [5, 5.41) is 36.1. The number of thioether (sulfide) groups is 2. The van der Waals surface area contributed by atoms with Gasteiger partial charge in [0.15, 0.2) is 11.5 Å². The minimum atomic E-state index is 0. The summed E-state index contributed by atoms with van der Waals surface area (Å²) < 4.78 is 46.4. The molecule has 21 rings (SSSR count). The summed E-state index contributed by atoms with van der Waals surface area (Å²) in [6.45, 7) is 96.5. The van der Waals surface area contributed by atoms with Crippen molar-refractivity contribution in [3.05, 3.63) is 59.7 Å². The van der Waals surface area contributed by atoms with Gasteiger partial charge < -0.3 is 106 Å². The van der Waals surface area contributed by atoms with Crippen molar-refractivity contribution in [2.45, 2.75) is 411 Å². The number of morpholine rings is 1. The minimum absolute atomic E-state index is 0. The van der Waals surface area contributed by atoms with Gasteiger partial charge in [0.05, 0.1) is 44.6 Å². The number of benzene rings is 2. The summed E-state index contributed by atoms with van der Waals surface area (Å²) in [4.78, 5) is 11.8. The fourth-order valence-corrected chi connectivity index (χ4v) is 15.9. The zero-order valence-corrected chi connectivity index (χ0v) is 97.4. The first-order valence-corrected chi connectivity index (χ1v) is 59.7. The molecule has 0 radical (unpaired) electrons. The highest BCUT2D eigenvalue weighted by molar-refractivity contribution is 7.99. The zero-order chi connectivity index (χ0) is 104. The van der Waals surface area contributed by atoms with Crippen molar-refractivity contribution in [1.82, 2.24) is 63.4 Å². The summed E-state index contributed by atoms with van der Waals surface area (Å²) in [5.41, 5.74) is 2.98. The number of piperazine rings is 2. The van der Waals surface area contributed by atoms with E-state index in [2.05, 4.69) is 82.8 Å². The number of hydrogen-bond acceptors (Lipinski definition) is 23. The van der Waals surface area contributed by atoms with Crippen LogP contribution in [0.15, 0.2) is 48.5 Å². The molecule has 0 spiro atoms. The van der Waals surface area contributed by atoms with Crippen LogP contribution in [0.25, 0.3) is 0 Å². The summed E-state index contributed by atoms with van der Waals surface area (Å²) in [6.07, 6.45) is 31.8. The summed E-state index contributed by atoms with van der Waals surface area (Å²) in [7, 11) is 0. The van der Waals surface area contributed by atoms with E-state index in [9.17, 15) is 4.79 Å². The molecule has 0 aromatic heterocycles. The summed E-state index contributed by atoms with van der Waals surface area (Å²) in [5.74, 6) is 11.6. The van der Waals surface area contributed by atoms with Crippen LogP contribution in [0.1, 0.15) is 391 Å². The molecule has 15 saturated heterocycles. The van der Waals surface area contributed by atoms with Gasteiger partial charge in [-0.3, -0.25) is 4.79 Å². The third-order valence-corrected chi connectivity index (χ3v) is 22.9. The normalized spacial score (nSPS) is 22.1. The molecule has 2 aromatic rings. The quantitative estimate of drug-likeness (QED) is 0.119. The van der Waals surface area contributed by atoms with Gasteiger partial charge in [-0.15, -0.1) is 11.8 Å². The first kappa shape index (κ1) is 169. The number of nitrogens with one attached hydrogen (secondary N) is 11. The molecule has 11 N–H and O–H groups in total. The van der Waals surface area contributed by atoms with E-state index in [1.807, 2.05) is 256 Å². The van der Waals surface area contributed by atoms with Crippen molar-refractivity contribution in [1.29, 1.82) is 0 Å². The van der Waals surface area contributed by atoms with E-state index in [4.69, 9.17) is 42.6 Å². The predicted octanol–water partition coefficient (Wildman–Crippen LogP) is 26.6. The van der Waals surface area contributed by atoms with Gasteiger partial charge in [0.25, 0.3) is 0 Å². The molecule has 19 aliphatic rings. The number of amides is 1. The van der Waals surface area contributed by atoms with Crippen molar-refractivity contribution in [2.24, 2.45) is 29.6 Å². The molecule has 24 heteroatoms. The molecular weight excluding hydrogens is 1800 g/mol. The van der Waals surface area contributed by atoms with Crippen LogP contribution in [0.3, 0.4) is 0 Å². The molecule has 2 aromatic carbocycles. The van der Waals surface area contributed by atoms with Gasteiger partial charge in [0.2, 0.25) is 6.41 Å². The van der Waals surface area contributed by atoms with Crippen LogP contribution in [-0.4, -0.2) is 276 Å². The highest BCUT2D eigenvalue weighted by atomic mass is 32.2. The topological polar surface area (TPSA) is 236 Å². The van der Waals surface area contributed by atoms with Crippen molar-refractivity contribution in [2.75, 3.05) is 247 Å². The molecule has 2 saturated carbocycles. The van der Waals surface area contributed by atoms with Gasteiger partial charge in [-0.2, -0.15) is 11.8 Å². The Hall–Kier alpha value is -2.51. The van der Waals surface area contributed by atoms with Crippen LogP contribution in [-0.2, 0) is 50.9 Å².